The average molecular weight is 643 g/mol. The third-order valence-corrected chi connectivity index (χ3v) is 7.23. The highest BCUT2D eigenvalue weighted by Crippen LogP contribution is 2.40. The van der Waals surface area contributed by atoms with Crippen molar-refractivity contribution in [3.63, 3.8) is 0 Å². The monoisotopic (exact) mass is 642 g/mol. The van der Waals surface area contributed by atoms with E-state index in [-0.39, 0.29) is 37.3 Å². The lowest BCUT2D eigenvalue weighted by Gasteiger charge is -2.41. The Balaban J connectivity index is 2.14. The van der Waals surface area contributed by atoms with E-state index in [0.717, 1.165) is 23.8 Å². The Morgan fingerprint density at radius 1 is 1.11 bits per heavy atom. The van der Waals surface area contributed by atoms with Crippen LogP contribution in [0.2, 0.25) is 0 Å². The first-order valence-corrected chi connectivity index (χ1v) is 14.9. The number of aldehydes is 1. The second kappa shape index (κ2) is 14.9. The molecule has 1 unspecified atom stereocenters. The molecule has 11 nitrogen and oxygen atoms in total. The van der Waals surface area contributed by atoms with Crippen LogP contribution in [-0.4, -0.2) is 68.7 Å². The molecule has 13 heteroatoms. The van der Waals surface area contributed by atoms with Gasteiger partial charge in [0.1, 0.15) is 41.5 Å². The predicted octanol–water partition coefficient (Wildman–Crippen LogP) is 4.10. The molecule has 0 saturated heterocycles. The van der Waals surface area contributed by atoms with E-state index in [4.69, 9.17) is 15.6 Å². The van der Waals surface area contributed by atoms with Gasteiger partial charge in [-0.2, -0.15) is 0 Å². The number of aromatic nitrogens is 2. The molecule has 0 radical (unpaired) electrons. The Bertz CT molecular complexity index is 1500. The molecule has 3 rings (SSSR count). The van der Waals surface area contributed by atoms with Crippen molar-refractivity contribution in [2.75, 3.05) is 19.7 Å². The molecular formula is C33H44F2N6O5. The summed E-state index contributed by atoms with van der Waals surface area (Å²) in [5.41, 5.74) is 0.209. The number of aliphatic hydroxyl groups excluding tert-OH is 1. The van der Waals surface area contributed by atoms with Gasteiger partial charge in [0.25, 0.3) is 0 Å². The van der Waals surface area contributed by atoms with Crippen LogP contribution in [0.15, 0.2) is 54.7 Å². The molecular weight excluding hydrogens is 598 g/mol. The van der Waals surface area contributed by atoms with Crippen molar-refractivity contribution < 1.29 is 33.0 Å². The van der Waals surface area contributed by atoms with Gasteiger partial charge in [0.2, 0.25) is 5.91 Å². The van der Waals surface area contributed by atoms with Gasteiger partial charge in [0, 0.05) is 31.4 Å². The summed E-state index contributed by atoms with van der Waals surface area (Å²) in [6.45, 7) is 9.71. The first-order chi connectivity index (χ1) is 21.5. The third kappa shape index (κ3) is 9.41. The zero-order valence-corrected chi connectivity index (χ0v) is 27.1. The van der Waals surface area contributed by atoms with Crippen LogP contribution >= 0.6 is 0 Å². The Kier molecular flexibility index (Phi) is 11.8. The summed E-state index contributed by atoms with van der Waals surface area (Å²) < 4.78 is 36.3. The summed E-state index contributed by atoms with van der Waals surface area (Å²) in [6, 6.07) is 11.6. The summed E-state index contributed by atoms with van der Waals surface area (Å²) in [7, 11) is 0. The minimum absolute atomic E-state index is 0.0590. The number of nitrogens with one attached hydrogen (secondary N) is 2. The molecule has 2 atom stereocenters. The first-order valence-electron chi connectivity index (χ1n) is 14.9. The molecule has 0 saturated carbocycles. The average Bonchev–Trinajstić information content (AvgIpc) is 3.37. The maximum absolute atomic E-state index is 15.0. The number of halogens is 2. The number of imidazole rings is 1. The Morgan fingerprint density at radius 2 is 1.78 bits per heavy atom. The molecule has 0 aliphatic rings. The smallest absolute Gasteiger partial charge is 0.408 e. The van der Waals surface area contributed by atoms with Crippen LogP contribution in [-0.2, 0) is 20.9 Å². The number of aliphatic hydroxyl groups is 1. The number of rotatable bonds is 13. The largest absolute Gasteiger partial charge is 0.444 e. The van der Waals surface area contributed by atoms with Crippen molar-refractivity contribution in [3.8, 4) is 11.3 Å². The van der Waals surface area contributed by atoms with Gasteiger partial charge < -0.3 is 29.4 Å². The fourth-order valence-electron chi connectivity index (χ4n) is 5.20. The highest BCUT2D eigenvalue weighted by Gasteiger charge is 2.41. The number of hydrogen-bond acceptors (Lipinski definition) is 8. The Labute approximate surface area is 268 Å². The third-order valence-electron chi connectivity index (χ3n) is 7.23. The van der Waals surface area contributed by atoms with Crippen LogP contribution in [0.5, 0.6) is 0 Å². The van der Waals surface area contributed by atoms with Crippen molar-refractivity contribution in [3.05, 3.63) is 77.8 Å². The lowest BCUT2D eigenvalue weighted by Crippen LogP contribution is -2.59. The predicted molar refractivity (Wildman–Crippen MR) is 169 cm³/mol. The number of carbonyl (C=O) groups is 3. The summed E-state index contributed by atoms with van der Waals surface area (Å²) in [5, 5.41) is 12.7. The molecule has 2 aromatic carbocycles. The minimum Gasteiger partial charge on any atom is -0.444 e. The number of amides is 2. The molecule has 5 N–H and O–H groups in total. The highest BCUT2D eigenvalue weighted by atomic mass is 19.1. The SMILES string of the molecule is CC(C)(C)OC(=O)N[C@](C=O)(CCN(C(=O)CO)C(c1nc(-c2cc(F)ccc2F)cn1Cc1ccccc1)C(C)(C)C)CNN. The van der Waals surface area contributed by atoms with E-state index in [1.807, 2.05) is 51.1 Å². The lowest BCUT2D eigenvalue weighted by atomic mass is 9.84. The van der Waals surface area contributed by atoms with Crippen LogP contribution in [0.1, 0.15) is 65.4 Å². The van der Waals surface area contributed by atoms with Gasteiger partial charge in [-0.3, -0.25) is 16.1 Å². The van der Waals surface area contributed by atoms with E-state index >= 15 is 0 Å². The second-order valence-electron chi connectivity index (χ2n) is 13.3. The molecule has 250 valence electrons. The summed E-state index contributed by atoms with van der Waals surface area (Å²) in [4.78, 5) is 44.8. The number of hydrogen-bond donors (Lipinski definition) is 4. The quantitative estimate of drug-likeness (QED) is 0.124. The molecule has 0 aliphatic heterocycles. The van der Waals surface area contributed by atoms with Crippen molar-refractivity contribution in [2.24, 2.45) is 11.3 Å². The van der Waals surface area contributed by atoms with Gasteiger partial charge in [-0.25, -0.2) is 18.6 Å². The van der Waals surface area contributed by atoms with Crippen molar-refractivity contribution in [2.45, 2.75) is 71.7 Å². The first kappa shape index (κ1) is 36.3. The lowest BCUT2D eigenvalue weighted by molar-refractivity contribution is -0.140. The van der Waals surface area contributed by atoms with Crippen LogP contribution in [0.4, 0.5) is 13.6 Å². The van der Waals surface area contributed by atoms with E-state index in [0.29, 0.717) is 12.1 Å². The number of alkyl carbamates (subject to hydrolysis) is 1. The van der Waals surface area contributed by atoms with Gasteiger partial charge in [-0.1, -0.05) is 51.1 Å². The molecule has 0 bridgehead atoms. The second-order valence-corrected chi connectivity index (χ2v) is 13.3. The van der Waals surface area contributed by atoms with Crippen LogP contribution in [0.3, 0.4) is 0 Å². The zero-order chi connectivity index (χ0) is 34.3. The molecule has 1 aromatic heterocycles. The van der Waals surface area contributed by atoms with Gasteiger partial charge in [-0.15, -0.1) is 0 Å². The minimum atomic E-state index is -1.59. The maximum atomic E-state index is 15.0. The van der Waals surface area contributed by atoms with Crippen LogP contribution < -0.4 is 16.6 Å². The molecule has 0 fully saturated rings. The Morgan fingerprint density at radius 3 is 2.35 bits per heavy atom. The van der Waals surface area contributed by atoms with Gasteiger partial charge in [0.15, 0.2) is 0 Å². The van der Waals surface area contributed by atoms with Gasteiger partial charge in [-0.05, 0) is 56.4 Å². The van der Waals surface area contributed by atoms with E-state index in [2.05, 4.69) is 10.7 Å². The maximum Gasteiger partial charge on any atom is 0.408 e. The molecule has 0 aliphatic carbocycles. The molecule has 0 spiro atoms. The molecule has 46 heavy (non-hydrogen) atoms. The fourth-order valence-corrected chi connectivity index (χ4v) is 5.20. The summed E-state index contributed by atoms with van der Waals surface area (Å²) in [6.07, 6.45) is 1.13. The number of nitrogens with two attached hydrogens (primary N) is 1. The Hall–Kier alpha value is -4.20. The fraction of sp³-hybridized carbons (Fsp3) is 0.455. The van der Waals surface area contributed by atoms with E-state index in [1.165, 1.54) is 4.90 Å². The van der Waals surface area contributed by atoms with E-state index in [9.17, 15) is 28.3 Å². The standard InChI is InChI=1S/C33H44F2N6O5/c1-31(2,3)28(41(27(44)19-42)15-14-33(21-43,20-37-36)39-30(45)46-32(4,5)6)29-38-26(24-16-23(34)12-13-25(24)35)18-40(29)17-22-10-8-7-9-11-22/h7-13,16,18,21,28,37,42H,14-15,17,19-20,36H2,1-6H3,(H,39,45)/t28?,33-/m1/s1. The highest BCUT2D eigenvalue weighted by molar-refractivity contribution is 5.79. The molecule has 3 aromatic rings. The topological polar surface area (TPSA) is 152 Å². The van der Waals surface area contributed by atoms with Crippen molar-refractivity contribution in [1.29, 1.82) is 0 Å². The van der Waals surface area contributed by atoms with Gasteiger partial charge in [0.05, 0.1) is 11.7 Å². The zero-order valence-electron chi connectivity index (χ0n) is 27.1. The van der Waals surface area contributed by atoms with Crippen molar-refractivity contribution in [1.82, 2.24) is 25.2 Å². The number of nitrogens with zero attached hydrogens (tertiary/aromatic N) is 3. The number of benzene rings is 2. The number of carbonyl (C=O) groups excluding carboxylic acids is 3. The van der Waals surface area contributed by atoms with Crippen LogP contribution in [0.25, 0.3) is 11.3 Å². The van der Waals surface area contributed by atoms with E-state index in [1.54, 1.807) is 31.5 Å². The molecule has 2 amide bonds. The summed E-state index contributed by atoms with van der Waals surface area (Å²) in [5.74, 6) is 3.93. The van der Waals surface area contributed by atoms with Gasteiger partial charge >= 0.3 is 6.09 Å². The summed E-state index contributed by atoms with van der Waals surface area (Å²) >= 11 is 0. The van der Waals surface area contributed by atoms with Crippen LogP contribution in [0, 0.1) is 17.0 Å². The van der Waals surface area contributed by atoms with Crippen molar-refractivity contribution >= 4 is 18.3 Å². The van der Waals surface area contributed by atoms with E-state index < -0.39 is 52.8 Å². The normalized spacial score (nSPS) is 13.9. The molecule has 1 heterocycles. The number of hydrazine groups is 1. The number of ether oxygens (including phenoxy) is 1.